The standard InChI is InChI=1S/C19H23NO2/c1-15(21)14-18(9-8-16-6-4-3-5-7-16)20-17-10-12-19(22-2)13-11-17/h3-7,10-13,18,20H,8-9,14H2,1-2H3/t18-/m1/s1. The maximum Gasteiger partial charge on any atom is 0.131 e. The van der Waals surface area contributed by atoms with E-state index in [4.69, 9.17) is 4.74 Å². The van der Waals surface area contributed by atoms with Gasteiger partial charge in [0.25, 0.3) is 0 Å². The first-order valence-corrected chi connectivity index (χ1v) is 7.61. The molecule has 2 aromatic carbocycles. The predicted octanol–water partition coefficient (Wildman–Crippen LogP) is 4.09. The zero-order chi connectivity index (χ0) is 15.8. The van der Waals surface area contributed by atoms with Gasteiger partial charge >= 0.3 is 0 Å². The number of carbonyl (C=O) groups excluding carboxylic acids is 1. The van der Waals surface area contributed by atoms with Crippen LogP contribution in [0.15, 0.2) is 54.6 Å². The summed E-state index contributed by atoms with van der Waals surface area (Å²) < 4.78 is 5.16. The Bertz CT molecular complexity index is 578. The molecule has 3 heteroatoms. The first kappa shape index (κ1) is 16.1. The van der Waals surface area contributed by atoms with Gasteiger partial charge in [0, 0.05) is 18.2 Å². The highest BCUT2D eigenvalue weighted by Crippen LogP contribution is 2.18. The van der Waals surface area contributed by atoms with Gasteiger partial charge in [0.1, 0.15) is 11.5 Å². The number of carbonyl (C=O) groups is 1. The summed E-state index contributed by atoms with van der Waals surface area (Å²) in [5.41, 5.74) is 2.31. The zero-order valence-electron chi connectivity index (χ0n) is 13.2. The Hall–Kier alpha value is -2.29. The molecule has 0 heterocycles. The number of aryl methyl sites for hydroxylation is 1. The third kappa shape index (κ3) is 5.24. The van der Waals surface area contributed by atoms with Gasteiger partial charge in [0.2, 0.25) is 0 Å². The van der Waals surface area contributed by atoms with Crippen LogP contribution >= 0.6 is 0 Å². The van der Waals surface area contributed by atoms with E-state index < -0.39 is 0 Å². The lowest BCUT2D eigenvalue weighted by atomic mass is 10.0. The molecule has 0 saturated carbocycles. The minimum absolute atomic E-state index is 0.145. The zero-order valence-corrected chi connectivity index (χ0v) is 13.2. The summed E-state index contributed by atoms with van der Waals surface area (Å²) in [6.45, 7) is 1.64. The van der Waals surface area contributed by atoms with Crippen molar-refractivity contribution in [1.82, 2.24) is 0 Å². The quantitative estimate of drug-likeness (QED) is 0.797. The molecular weight excluding hydrogens is 274 g/mol. The van der Waals surface area contributed by atoms with E-state index in [-0.39, 0.29) is 11.8 Å². The van der Waals surface area contributed by atoms with Crippen molar-refractivity contribution in [3.8, 4) is 5.75 Å². The van der Waals surface area contributed by atoms with Gasteiger partial charge in [0.15, 0.2) is 0 Å². The van der Waals surface area contributed by atoms with Gasteiger partial charge < -0.3 is 10.1 Å². The summed E-state index contributed by atoms with van der Waals surface area (Å²) in [6, 6.07) is 18.3. The summed E-state index contributed by atoms with van der Waals surface area (Å²) >= 11 is 0. The summed E-state index contributed by atoms with van der Waals surface area (Å²) in [4.78, 5) is 11.5. The van der Waals surface area contributed by atoms with Gasteiger partial charge in [-0.3, -0.25) is 4.79 Å². The number of ether oxygens (including phenoxy) is 1. The molecule has 0 aliphatic rings. The van der Waals surface area contributed by atoms with Crippen molar-refractivity contribution >= 4 is 11.5 Å². The minimum atomic E-state index is 0.145. The van der Waals surface area contributed by atoms with Gasteiger partial charge in [-0.2, -0.15) is 0 Å². The van der Waals surface area contributed by atoms with Crippen LogP contribution in [0.1, 0.15) is 25.3 Å². The van der Waals surface area contributed by atoms with Gasteiger partial charge in [-0.15, -0.1) is 0 Å². The SMILES string of the molecule is COc1ccc(N[C@H](CCc2ccccc2)CC(C)=O)cc1. The van der Waals surface area contributed by atoms with Crippen LogP contribution in [0, 0.1) is 0 Å². The van der Waals surface area contributed by atoms with E-state index in [0.29, 0.717) is 6.42 Å². The van der Waals surface area contributed by atoms with E-state index in [1.807, 2.05) is 42.5 Å². The van der Waals surface area contributed by atoms with Crippen LogP contribution in [0.5, 0.6) is 5.75 Å². The van der Waals surface area contributed by atoms with Crippen molar-refractivity contribution in [2.45, 2.75) is 32.2 Å². The number of hydrogen-bond donors (Lipinski definition) is 1. The van der Waals surface area contributed by atoms with Crippen LogP contribution < -0.4 is 10.1 Å². The summed E-state index contributed by atoms with van der Waals surface area (Å²) in [5, 5.41) is 3.46. The average Bonchev–Trinajstić information content (AvgIpc) is 2.54. The van der Waals surface area contributed by atoms with Crippen LogP contribution in [-0.2, 0) is 11.2 Å². The predicted molar refractivity (Wildman–Crippen MR) is 90.5 cm³/mol. The van der Waals surface area contributed by atoms with Crippen LogP contribution in [0.3, 0.4) is 0 Å². The normalized spacial score (nSPS) is 11.7. The molecule has 116 valence electrons. The van der Waals surface area contributed by atoms with Gasteiger partial charge in [-0.1, -0.05) is 30.3 Å². The highest BCUT2D eigenvalue weighted by atomic mass is 16.5. The van der Waals surface area contributed by atoms with E-state index in [1.165, 1.54) is 5.56 Å². The van der Waals surface area contributed by atoms with Gasteiger partial charge in [0.05, 0.1) is 7.11 Å². The van der Waals surface area contributed by atoms with E-state index in [2.05, 4.69) is 17.4 Å². The first-order valence-electron chi connectivity index (χ1n) is 7.61. The number of hydrogen-bond acceptors (Lipinski definition) is 3. The molecule has 2 rings (SSSR count). The van der Waals surface area contributed by atoms with E-state index >= 15 is 0 Å². The molecule has 0 aliphatic heterocycles. The number of ketones is 1. The molecule has 22 heavy (non-hydrogen) atoms. The lowest BCUT2D eigenvalue weighted by Crippen LogP contribution is -2.23. The molecule has 0 radical (unpaired) electrons. The van der Waals surface area contributed by atoms with Crippen LogP contribution in [0.4, 0.5) is 5.69 Å². The second kappa shape index (κ2) is 8.23. The van der Waals surface area contributed by atoms with E-state index in [9.17, 15) is 4.79 Å². The maximum atomic E-state index is 11.5. The minimum Gasteiger partial charge on any atom is -0.497 e. The smallest absolute Gasteiger partial charge is 0.131 e. The third-order valence-corrected chi connectivity index (χ3v) is 3.62. The molecule has 0 spiro atoms. The number of benzene rings is 2. The first-order chi connectivity index (χ1) is 10.7. The lowest BCUT2D eigenvalue weighted by Gasteiger charge is -2.19. The summed E-state index contributed by atoms with van der Waals surface area (Å²) in [6.07, 6.45) is 2.43. The fourth-order valence-corrected chi connectivity index (χ4v) is 2.48. The van der Waals surface area contributed by atoms with Crippen molar-refractivity contribution in [3.63, 3.8) is 0 Å². The summed E-state index contributed by atoms with van der Waals surface area (Å²) in [5.74, 6) is 1.04. The third-order valence-electron chi connectivity index (χ3n) is 3.62. The topological polar surface area (TPSA) is 38.3 Å². The molecule has 1 atom stereocenters. The molecular formula is C19H23NO2. The molecule has 0 unspecified atom stereocenters. The van der Waals surface area contributed by atoms with Crippen LogP contribution in [0.2, 0.25) is 0 Å². The molecule has 3 nitrogen and oxygen atoms in total. The summed E-state index contributed by atoms with van der Waals surface area (Å²) in [7, 11) is 1.65. The Morgan fingerprint density at radius 3 is 2.36 bits per heavy atom. The number of anilines is 1. The van der Waals surface area contributed by atoms with Crippen molar-refractivity contribution in [1.29, 1.82) is 0 Å². The van der Waals surface area contributed by atoms with Gasteiger partial charge in [-0.05, 0) is 49.6 Å². The molecule has 0 amide bonds. The van der Waals surface area contributed by atoms with Crippen molar-refractivity contribution in [2.24, 2.45) is 0 Å². The Morgan fingerprint density at radius 2 is 1.77 bits per heavy atom. The lowest BCUT2D eigenvalue weighted by molar-refractivity contribution is -0.117. The molecule has 0 fully saturated rings. The average molecular weight is 297 g/mol. The number of methoxy groups -OCH3 is 1. The second-order valence-corrected chi connectivity index (χ2v) is 5.50. The second-order valence-electron chi connectivity index (χ2n) is 5.50. The fraction of sp³-hybridized carbons (Fsp3) is 0.316. The molecule has 0 saturated heterocycles. The largest absolute Gasteiger partial charge is 0.497 e. The molecule has 0 aliphatic carbocycles. The van der Waals surface area contributed by atoms with Crippen molar-refractivity contribution < 1.29 is 9.53 Å². The number of rotatable bonds is 8. The van der Waals surface area contributed by atoms with Crippen LogP contribution in [0.25, 0.3) is 0 Å². The van der Waals surface area contributed by atoms with Crippen LogP contribution in [-0.4, -0.2) is 18.9 Å². The Morgan fingerprint density at radius 1 is 1.09 bits per heavy atom. The Labute approximate surface area is 132 Å². The number of nitrogens with one attached hydrogen (secondary N) is 1. The fourth-order valence-electron chi connectivity index (χ4n) is 2.48. The van der Waals surface area contributed by atoms with Gasteiger partial charge in [-0.25, -0.2) is 0 Å². The molecule has 0 bridgehead atoms. The number of Topliss-reactive ketones (excluding diaryl/α,β-unsaturated/α-hetero) is 1. The highest BCUT2D eigenvalue weighted by molar-refractivity contribution is 5.76. The molecule has 1 N–H and O–H groups in total. The maximum absolute atomic E-state index is 11.5. The molecule has 2 aromatic rings. The highest BCUT2D eigenvalue weighted by Gasteiger charge is 2.11. The van der Waals surface area contributed by atoms with E-state index in [0.717, 1.165) is 24.3 Å². The molecule has 0 aromatic heterocycles. The Balaban J connectivity index is 1.97. The Kier molecular flexibility index (Phi) is 6.01. The van der Waals surface area contributed by atoms with Crippen molar-refractivity contribution in [3.05, 3.63) is 60.2 Å². The van der Waals surface area contributed by atoms with E-state index in [1.54, 1.807) is 14.0 Å². The van der Waals surface area contributed by atoms with Crippen molar-refractivity contribution in [2.75, 3.05) is 12.4 Å². The monoisotopic (exact) mass is 297 g/mol.